The summed E-state index contributed by atoms with van der Waals surface area (Å²) in [5.74, 6) is 0.629. The molecule has 7 nitrogen and oxygen atoms in total. The van der Waals surface area contributed by atoms with Gasteiger partial charge in [-0.25, -0.2) is 0 Å². The SMILES string of the molecule is COc1ccc(C(=O)N2CCN(C(=O)c3cc4ccoc4n3Cc3cccc(C)c3)CC2C)cc1. The van der Waals surface area contributed by atoms with Crippen molar-refractivity contribution >= 4 is 22.9 Å². The predicted octanol–water partition coefficient (Wildman–Crippen LogP) is 4.59. The molecule has 2 aromatic carbocycles. The van der Waals surface area contributed by atoms with Gasteiger partial charge in [-0.2, -0.15) is 0 Å². The maximum Gasteiger partial charge on any atom is 0.270 e. The number of methoxy groups -OCH3 is 1. The summed E-state index contributed by atoms with van der Waals surface area (Å²) in [6.07, 6.45) is 1.65. The third-order valence-electron chi connectivity index (χ3n) is 6.66. The first-order valence-electron chi connectivity index (χ1n) is 11.8. The number of hydrogen-bond donors (Lipinski definition) is 0. The summed E-state index contributed by atoms with van der Waals surface area (Å²) in [6, 6.07) is 19.1. The Hall–Kier alpha value is -4.00. The molecule has 35 heavy (non-hydrogen) atoms. The van der Waals surface area contributed by atoms with E-state index in [4.69, 9.17) is 9.15 Å². The first-order chi connectivity index (χ1) is 16.9. The van der Waals surface area contributed by atoms with Crippen molar-refractivity contribution in [2.24, 2.45) is 0 Å². The summed E-state index contributed by atoms with van der Waals surface area (Å²) in [5, 5.41) is 0.905. The van der Waals surface area contributed by atoms with Crippen LogP contribution in [0, 0.1) is 6.92 Å². The Kier molecular flexibility index (Phi) is 6.07. The van der Waals surface area contributed by atoms with Gasteiger partial charge < -0.3 is 23.5 Å². The molecule has 7 heteroatoms. The molecule has 1 fully saturated rings. The zero-order valence-electron chi connectivity index (χ0n) is 20.2. The zero-order valence-corrected chi connectivity index (χ0v) is 20.2. The van der Waals surface area contributed by atoms with Crippen molar-refractivity contribution in [2.45, 2.75) is 26.4 Å². The molecule has 1 atom stereocenters. The van der Waals surface area contributed by atoms with E-state index in [9.17, 15) is 9.59 Å². The Bertz CT molecular complexity index is 1370. The molecule has 3 heterocycles. The van der Waals surface area contributed by atoms with Crippen LogP contribution in [-0.4, -0.2) is 59.0 Å². The number of fused-ring (bicyclic) bond motifs is 1. The molecule has 1 aliphatic rings. The van der Waals surface area contributed by atoms with Crippen LogP contribution < -0.4 is 4.74 Å². The van der Waals surface area contributed by atoms with Crippen LogP contribution in [0.3, 0.4) is 0 Å². The average molecular weight is 472 g/mol. The van der Waals surface area contributed by atoms with Gasteiger partial charge in [-0.1, -0.05) is 29.8 Å². The Morgan fingerprint density at radius 2 is 1.83 bits per heavy atom. The second-order valence-electron chi connectivity index (χ2n) is 9.11. The van der Waals surface area contributed by atoms with Crippen molar-refractivity contribution in [2.75, 3.05) is 26.7 Å². The molecule has 1 unspecified atom stereocenters. The largest absolute Gasteiger partial charge is 0.497 e. The number of carbonyl (C=O) groups excluding carboxylic acids is 2. The van der Waals surface area contributed by atoms with Crippen LogP contribution in [-0.2, 0) is 6.54 Å². The van der Waals surface area contributed by atoms with E-state index in [1.807, 2.05) is 39.5 Å². The Labute approximate surface area is 204 Å². The summed E-state index contributed by atoms with van der Waals surface area (Å²) < 4.78 is 12.9. The molecule has 2 aromatic heterocycles. The van der Waals surface area contributed by atoms with E-state index in [1.54, 1.807) is 37.6 Å². The molecule has 1 aliphatic heterocycles. The molecule has 0 saturated carbocycles. The molecule has 180 valence electrons. The van der Waals surface area contributed by atoms with Crippen LogP contribution in [0.5, 0.6) is 5.75 Å². The minimum absolute atomic E-state index is 0.0346. The van der Waals surface area contributed by atoms with E-state index in [-0.39, 0.29) is 17.9 Å². The molecular formula is C28H29N3O4. The molecule has 0 spiro atoms. The van der Waals surface area contributed by atoms with E-state index in [1.165, 1.54) is 5.56 Å². The summed E-state index contributed by atoms with van der Waals surface area (Å²) in [6.45, 7) is 6.01. The van der Waals surface area contributed by atoms with E-state index < -0.39 is 0 Å². The lowest BCUT2D eigenvalue weighted by molar-refractivity contribution is 0.0409. The van der Waals surface area contributed by atoms with Crippen LogP contribution in [0.25, 0.3) is 11.1 Å². The van der Waals surface area contributed by atoms with Crippen molar-refractivity contribution in [3.05, 3.63) is 89.3 Å². The molecular weight excluding hydrogens is 442 g/mol. The van der Waals surface area contributed by atoms with Crippen LogP contribution >= 0.6 is 0 Å². The molecule has 0 bridgehead atoms. The minimum atomic E-state index is -0.106. The van der Waals surface area contributed by atoms with Gasteiger partial charge in [0.1, 0.15) is 11.4 Å². The van der Waals surface area contributed by atoms with Crippen molar-refractivity contribution in [3.8, 4) is 5.75 Å². The van der Waals surface area contributed by atoms with Crippen LogP contribution in [0.15, 0.2) is 71.3 Å². The maximum atomic E-state index is 13.7. The number of ether oxygens (including phenoxy) is 1. The fourth-order valence-corrected chi connectivity index (χ4v) is 4.81. The molecule has 0 radical (unpaired) electrons. The number of furan rings is 1. The first kappa shape index (κ1) is 22.8. The number of rotatable bonds is 5. The fraction of sp³-hybridized carbons (Fsp3) is 0.286. The van der Waals surface area contributed by atoms with Gasteiger partial charge in [0.15, 0.2) is 0 Å². The van der Waals surface area contributed by atoms with Gasteiger partial charge in [-0.15, -0.1) is 0 Å². The number of carbonyl (C=O) groups is 2. The average Bonchev–Trinajstić information content (AvgIpc) is 3.46. The number of piperazine rings is 1. The first-order valence-corrected chi connectivity index (χ1v) is 11.8. The van der Waals surface area contributed by atoms with Gasteiger partial charge in [0.05, 0.1) is 19.9 Å². The lowest BCUT2D eigenvalue weighted by Crippen LogP contribution is -2.55. The lowest BCUT2D eigenvalue weighted by Gasteiger charge is -2.40. The minimum Gasteiger partial charge on any atom is -0.497 e. The normalized spacial score (nSPS) is 16.0. The Morgan fingerprint density at radius 3 is 2.54 bits per heavy atom. The highest BCUT2D eigenvalue weighted by Crippen LogP contribution is 2.25. The third kappa shape index (κ3) is 4.41. The fourth-order valence-electron chi connectivity index (χ4n) is 4.81. The highest BCUT2D eigenvalue weighted by atomic mass is 16.5. The number of nitrogens with zero attached hydrogens (tertiary/aromatic N) is 3. The van der Waals surface area contributed by atoms with E-state index in [0.717, 1.165) is 10.9 Å². The Morgan fingerprint density at radius 1 is 1.03 bits per heavy atom. The van der Waals surface area contributed by atoms with Crippen LogP contribution in [0.1, 0.15) is 38.9 Å². The molecule has 0 N–H and O–H groups in total. The van der Waals surface area contributed by atoms with Gasteiger partial charge in [0.25, 0.3) is 11.8 Å². The number of benzene rings is 2. The smallest absolute Gasteiger partial charge is 0.270 e. The van der Waals surface area contributed by atoms with Crippen LogP contribution in [0.2, 0.25) is 0 Å². The number of hydrogen-bond acceptors (Lipinski definition) is 4. The van der Waals surface area contributed by atoms with Gasteiger partial charge in [-0.05, 0) is 55.8 Å². The monoisotopic (exact) mass is 471 g/mol. The van der Waals surface area contributed by atoms with E-state index in [0.29, 0.717) is 48.9 Å². The van der Waals surface area contributed by atoms with Gasteiger partial charge in [0.2, 0.25) is 5.71 Å². The topological polar surface area (TPSA) is 67.9 Å². The third-order valence-corrected chi connectivity index (χ3v) is 6.66. The maximum absolute atomic E-state index is 13.7. The highest BCUT2D eigenvalue weighted by Gasteiger charge is 2.32. The van der Waals surface area contributed by atoms with E-state index in [2.05, 4.69) is 25.1 Å². The van der Waals surface area contributed by atoms with Gasteiger partial charge in [0, 0.05) is 36.6 Å². The Balaban J connectivity index is 1.34. The molecule has 1 saturated heterocycles. The molecule has 2 amide bonds. The van der Waals surface area contributed by atoms with E-state index >= 15 is 0 Å². The van der Waals surface area contributed by atoms with Gasteiger partial charge in [-0.3, -0.25) is 9.59 Å². The number of aromatic nitrogens is 1. The molecule has 4 aromatic rings. The lowest BCUT2D eigenvalue weighted by atomic mass is 10.1. The quantitative estimate of drug-likeness (QED) is 0.427. The predicted molar refractivity (Wildman–Crippen MR) is 134 cm³/mol. The highest BCUT2D eigenvalue weighted by molar-refractivity contribution is 5.98. The van der Waals surface area contributed by atoms with Crippen molar-refractivity contribution in [1.82, 2.24) is 14.4 Å². The van der Waals surface area contributed by atoms with Gasteiger partial charge >= 0.3 is 0 Å². The van der Waals surface area contributed by atoms with Crippen molar-refractivity contribution in [3.63, 3.8) is 0 Å². The summed E-state index contributed by atoms with van der Waals surface area (Å²) in [4.78, 5) is 30.4. The standard InChI is InChI=1S/C28H29N3O4/c1-19-5-4-6-21(15-19)18-31-25(16-23-11-14-35-28(23)31)27(33)29-12-13-30(20(2)17-29)26(32)22-7-9-24(34-3)10-8-22/h4-11,14-16,20H,12-13,17-18H2,1-3H3. The second-order valence-corrected chi connectivity index (χ2v) is 9.11. The summed E-state index contributed by atoms with van der Waals surface area (Å²) >= 11 is 0. The number of amides is 2. The molecule has 5 rings (SSSR count). The number of aryl methyl sites for hydroxylation is 1. The van der Waals surface area contributed by atoms with Crippen LogP contribution in [0.4, 0.5) is 0 Å². The molecule has 0 aliphatic carbocycles. The summed E-state index contributed by atoms with van der Waals surface area (Å²) in [5.41, 5.74) is 4.19. The zero-order chi connectivity index (χ0) is 24.5. The summed E-state index contributed by atoms with van der Waals surface area (Å²) in [7, 11) is 1.60. The second kappa shape index (κ2) is 9.33. The van der Waals surface area contributed by atoms with Crippen molar-refractivity contribution < 1.29 is 18.7 Å². The van der Waals surface area contributed by atoms with Crippen molar-refractivity contribution in [1.29, 1.82) is 0 Å².